The molecule has 1 heterocycles. The molecule has 1 aromatic carbocycles. The van der Waals surface area contributed by atoms with Crippen LogP contribution in [0.5, 0.6) is 0 Å². The predicted molar refractivity (Wildman–Crippen MR) is 85.4 cm³/mol. The van der Waals surface area contributed by atoms with Crippen LogP contribution in [-0.4, -0.2) is 27.5 Å². The van der Waals surface area contributed by atoms with Crippen molar-refractivity contribution in [1.29, 1.82) is 0 Å². The predicted octanol–water partition coefficient (Wildman–Crippen LogP) is 2.59. The van der Waals surface area contributed by atoms with Gasteiger partial charge in [0.2, 0.25) is 10.0 Å². The van der Waals surface area contributed by atoms with E-state index in [0.717, 1.165) is 19.4 Å². The van der Waals surface area contributed by atoms with Gasteiger partial charge in [-0.2, -0.15) is 0 Å². The second-order valence-electron chi connectivity index (χ2n) is 4.70. The van der Waals surface area contributed by atoms with Crippen molar-refractivity contribution in [2.45, 2.75) is 24.6 Å². The van der Waals surface area contributed by atoms with Gasteiger partial charge in [-0.25, -0.2) is 13.1 Å². The van der Waals surface area contributed by atoms with Crippen LogP contribution in [0.1, 0.15) is 18.4 Å². The van der Waals surface area contributed by atoms with Gasteiger partial charge in [-0.1, -0.05) is 23.2 Å². The van der Waals surface area contributed by atoms with E-state index < -0.39 is 10.0 Å². The van der Waals surface area contributed by atoms with Crippen molar-refractivity contribution in [3.05, 3.63) is 33.8 Å². The van der Waals surface area contributed by atoms with E-state index in [0.29, 0.717) is 22.2 Å². The first-order valence-corrected chi connectivity index (χ1v) is 8.51. The van der Waals surface area contributed by atoms with E-state index in [1.54, 1.807) is 18.2 Å². The van der Waals surface area contributed by atoms with Crippen LogP contribution in [0.3, 0.4) is 0 Å². The first kappa shape index (κ1) is 18.0. The third-order valence-electron chi connectivity index (χ3n) is 2.92. The molecular formula is C12H17Cl3N2O2S. The molecule has 1 aliphatic rings. The average Bonchev–Trinajstić information content (AvgIpc) is 2.27. The maximum absolute atomic E-state index is 12.1. The normalized spacial score (nSPS) is 19.4. The second kappa shape index (κ2) is 7.82. The first-order valence-electron chi connectivity index (χ1n) is 6.10. The number of rotatable bonds is 4. The standard InChI is InChI=1S/C12H16Cl2N2O2S.ClH/c13-10-4-9(5-11(14)6-10)8-19(17,18)16-12-2-1-3-15-7-12;/h4-6,12,15-16H,1-3,7-8H2;1H. The van der Waals surface area contributed by atoms with E-state index in [9.17, 15) is 8.42 Å². The van der Waals surface area contributed by atoms with Gasteiger partial charge in [0.25, 0.3) is 0 Å². The van der Waals surface area contributed by atoms with Gasteiger partial charge < -0.3 is 5.32 Å². The van der Waals surface area contributed by atoms with E-state index in [2.05, 4.69) is 10.0 Å². The lowest BCUT2D eigenvalue weighted by Crippen LogP contribution is -2.45. The fourth-order valence-electron chi connectivity index (χ4n) is 2.16. The Bertz CT molecular complexity index is 525. The molecule has 2 N–H and O–H groups in total. The molecular weight excluding hydrogens is 343 g/mol. The van der Waals surface area contributed by atoms with Gasteiger partial charge in [0.1, 0.15) is 0 Å². The molecule has 0 spiro atoms. The van der Waals surface area contributed by atoms with Crippen LogP contribution in [0.15, 0.2) is 18.2 Å². The Labute approximate surface area is 135 Å². The van der Waals surface area contributed by atoms with Crippen LogP contribution in [0, 0.1) is 0 Å². The van der Waals surface area contributed by atoms with Crippen molar-refractivity contribution < 1.29 is 8.42 Å². The molecule has 1 saturated heterocycles. The zero-order valence-electron chi connectivity index (χ0n) is 10.7. The molecule has 0 aromatic heterocycles. The first-order chi connectivity index (χ1) is 8.94. The molecule has 0 aliphatic carbocycles. The Hall–Kier alpha value is -0.0400. The van der Waals surface area contributed by atoms with Crippen molar-refractivity contribution in [1.82, 2.24) is 10.0 Å². The van der Waals surface area contributed by atoms with Crippen molar-refractivity contribution in [2.24, 2.45) is 0 Å². The fourth-order valence-corrected chi connectivity index (χ4v) is 4.13. The van der Waals surface area contributed by atoms with E-state index in [1.165, 1.54) is 0 Å². The summed E-state index contributed by atoms with van der Waals surface area (Å²) in [4.78, 5) is 0. The summed E-state index contributed by atoms with van der Waals surface area (Å²) in [5.74, 6) is -0.107. The van der Waals surface area contributed by atoms with Gasteiger partial charge in [0.15, 0.2) is 0 Å². The maximum atomic E-state index is 12.1. The van der Waals surface area contributed by atoms with E-state index in [-0.39, 0.29) is 24.2 Å². The van der Waals surface area contributed by atoms with Gasteiger partial charge in [0, 0.05) is 22.6 Å². The number of benzene rings is 1. The summed E-state index contributed by atoms with van der Waals surface area (Å²) in [7, 11) is -3.38. The van der Waals surface area contributed by atoms with Crippen molar-refractivity contribution >= 4 is 45.6 Å². The lowest BCUT2D eigenvalue weighted by atomic mass is 10.1. The number of piperidine rings is 1. The molecule has 1 aliphatic heterocycles. The molecule has 8 heteroatoms. The van der Waals surface area contributed by atoms with E-state index >= 15 is 0 Å². The third-order valence-corrected chi connectivity index (χ3v) is 4.76. The highest BCUT2D eigenvalue weighted by atomic mass is 35.5. The van der Waals surface area contributed by atoms with Crippen LogP contribution < -0.4 is 10.0 Å². The molecule has 1 aromatic rings. The van der Waals surface area contributed by atoms with Gasteiger partial charge in [-0.15, -0.1) is 12.4 Å². The zero-order valence-corrected chi connectivity index (χ0v) is 13.9. The minimum absolute atomic E-state index is 0. The second-order valence-corrected chi connectivity index (χ2v) is 7.32. The molecule has 0 saturated carbocycles. The Morgan fingerprint density at radius 3 is 2.45 bits per heavy atom. The minimum Gasteiger partial charge on any atom is -0.315 e. The molecule has 0 radical (unpaired) electrons. The van der Waals surface area contributed by atoms with Gasteiger partial charge in [0.05, 0.1) is 5.75 Å². The summed E-state index contributed by atoms with van der Waals surface area (Å²) in [5.41, 5.74) is 0.591. The third kappa shape index (κ3) is 5.76. The molecule has 1 atom stereocenters. The Morgan fingerprint density at radius 1 is 1.25 bits per heavy atom. The number of hydrogen-bond acceptors (Lipinski definition) is 3. The highest BCUT2D eigenvalue weighted by molar-refractivity contribution is 7.88. The number of nitrogens with one attached hydrogen (secondary N) is 2. The van der Waals surface area contributed by atoms with Crippen molar-refractivity contribution in [3.63, 3.8) is 0 Å². The largest absolute Gasteiger partial charge is 0.315 e. The van der Waals surface area contributed by atoms with Crippen molar-refractivity contribution in [2.75, 3.05) is 13.1 Å². The molecule has 1 fully saturated rings. The summed E-state index contributed by atoms with van der Waals surface area (Å²) in [6, 6.07) is 4.78. The summed E-state index contributed by atoms with van der Waals surface area (Å²) >= 11 is 11.7. The molecule has 2 rings (SSSR count). The van der Waals surface area contributed by atoms with Gasteiger partial charge in [-0.05, 0) is 43.1 Å². The highest BCUT2D eigenvalue weighted by Crippen LogP contribution is 2.20. The highest BCUT2D eigenvalue weighted by Gasteiger charge is 2.20. The summed E-state index contributed by atoms with van der Waals surface area (Å²) in [6.07, 6.45) is 1.85. The molecule has 0 amide bonds. The van der Waals surface area contributed by atoms with Crippen LogP contribution in [0.2, 0.25) is 10.0 Å². The molecule has 0 bridgehead atoms. The number of sulfonamides is 1. The molecule has 1 unspecified atom stereocenters. The summed E-state index contributed by atoms with van der Waals surface area (Å²) in [6.45, 7) is 1.62. The summed E-state index contributed by atoms with van der Waals surface area (Å²) in [5, 5.41) is 4.05. The SMILES string of the molecule is Cl.O=S(=O)(Cc1cc(Cl)cc(Cl)c1)NC1CCCNC1. The van der Waals surface area contributed by atoms with Crippen LogP contribution >= 0.6 is 35.6 Å². The van der Waals surface area contributed by atoms with E-state index in [4.69, 9.17) is 23.2 Å². The lowest BCUT2D eigenvalue weighted by molar-refractivity contribution is 0.428. The zero-order chi connectivity index (χ0) is 13.9. The lowest BCUT2D eigenvalue weighted by Gasteiger charge is -2.23. The Balaban J connectivity index is 0.00000200. The quantitative estimate of drug-likeness (QED) is 0.869. The van der Waals surface area contributed by atoms with Gasteiger partial charge >= 0.3 is 0 Å². The molecule has 20 heavy (non-hydrogen) atoms. The van der Waals surface area contributed by atoms with Crippen molar-refractivity contribution in [3.8, 4) is 0 Å². The van der Waals surface area contributed by atoms with E-state index in [1.807, 2.05) is 0 Å². The Kier molecular flexibility index (Phi) is 7.04. The topological polar surface area (TPSA) is 58.2 Å². The average molecular weight is 360 g/mol. The smallest absolute Gasteiger partial charge is 0.216 e. The maximum Gasteiger partial charge on any atom is 0.216 e. The number of halogens is 3. The minimum atomic E-state index is -3.38. The number of hydrogen-bond donors (Lipinski definition) is 2. The monoisotopic (exact) mass is 358 g/mol. The van der Waals surface area contributed by atoms with Crippen LogP contribution in [0.4, 0.5) is 0 Å². The fraction of sp³-hybridized carbons (Fsp3) is 0.500. The summed E-state index contributed by atoms with van der Waals surface area (Å²) < 4.78 is 26.8. The van der Waals surface area contributed by atoms with Crippen LogP contribution in [-0.2, 0) is 15.8 Å². The van der Waals surface area contributed by atoms with Gasteiger partial charge in [-0.3, -0.25) is 0 Å². The Morgan fingerprint density at radius 2 is 1.90 bits per heavy atom. The van der Waals surface area contributed by atoms with Crippen LogP contribution in [0.25, 0.3) is 0 Å². The molecule has 114 valence electrons. The molecule has 4 nitrogen and oxygen atoms in total.